The normalized spacial score (nSPS) is 18.6. The van der Waals surface area contributed by atoms with Crippen LogP contribution in [-0.4, -0.2) is 47.7 Å². The Kier molecular flexibility index (Phi) is 4.27. The Morgan fingerprint density at radius 2 is 2.14 bits per heavy atom. The van der Waals surface area contributed by atoms with Crippen LogP contribution in [0, 0.1) is 0 Å². The van der Waals surface area contributed by atoms with Crippen LogP contribution < -0.4 is 0 Å². The van der Waals surface area contributed by atoms with Gasteiger partial charge in [-0.2, -0.15) is 0 Å². The third-order valence-electron chi connectivity index (χ3n) is 3.46. The number of hydrogen-bond acceptors (Lipinski definition) is 4. The highest BCUT2D eigenvalue weighted by molar-refractivity contribution is 7.21. The molecule has 1 aromatic carbocycles. The van der Waals surface area contributed by atoms with E-state index in [1.54, 1.807) is 18.2 Å². The van der Waals surface area contributed by atoms with Crippen LogP contribution in [0.5, 0.6) is 0 Å². The van der Waals surface area contributed by atoms with E-state index in [0.717, 1.165) is 10.1 Å². The number of thiophene rings is 1. The molecule has 1 atom stereocenters. The standard InChI is InChI=1S/C14H11Cl2NO4S/c15-7-1-2-8-10(5-7)22-12(11(8)16)13(18)17-3-4-21-6-9(17)14(19)20/h1-2,5,9H,3-4,6H2,(H,19,20). The summed E-state index contributed by atoms with van der Waals surface area (Å²) in [5.41, 5.74) is 0. The maximum absolute atomic E-state index is 12.7. The molecule has 8 heteroatoms. The largest absolute Gasteiger partial charge is 0.480 e. The van der Waals surface area contributed by atoms with Crippen LogP contribution in [0.3, 0.4) is 0 Å². The van der Waals surface area contributed by atoms with Crippen LogP contribution in [0.1, 0.15) is 9.67 Å². The van der Waals surface area contributed by atoms with Crippen molar-refractivity contribution in [1.29, 1.82) is 0 Å². The van der Waals surface area contributed by atoms with Crippen molar-refractivity contribution in [3.63, 3.8) is 0 Å². The molecule has 1 amide bonds. The molecule has 0 aliphatic carbocycles. The molecular formula is C14H11Cl2NO4S. The van der Waals surface area contributed by atoms with Crippen molar-refractivity contribution in [1.82, 2.24) is 4.90 Å². The van der Waals surface area contributed by atoms with Crippen molar-refractivity contribution in [3.05, 3.63) is 33.1 Å². The fourth-order valence-corrected chi connectivity index (χ4v) is 4.10. The van der Waals surface area contributed by atoms with E-state index in [1.165, 1.54) is 16.2 Å². The molecule has 2 aromatic rings. The van der Waals surface area contributed by atoms with Crippen molar-refractivity contribution < 1.29 is 19.4 Å². The molecule has 0 spiro atoms. The molecule has 5 nitrogen and oxygen atoms in total. The molecule has 0 saturated carbocycles. The van der Waals surface area contributed by atoms with Gasteiger partial charge < -0.3 is 14.7 Å². The lowest BCUT2D eigenvalue weighted by atomic mass is 10.2. The summed E-state index contributed by atoms with van der Waals surface area (Å²) in [6, 6.07) is 4.19. The lowest BCUT2D eigenvalue weighted by molar-refractivity contribution is -0.147. The lowest BCUT2D eigenvalue weighted by Gasteiger charge is -2.32. The van der Waals surface area contributed by atoms with E-state index in [2.05, 4.69) is 0 Å². The van der Waals surface area contributed by atoms with Gasteiger partial charge in [0.1, 0.15) is 4.88 Å². The number of fused-ring (bicyclic) bond motifs is 1. The van der Waals surface area contributed by atoms with Crippen molar-refractivity contribution in [2.45, 2.75) is 6.04 Å². The fraction of sp³-hybridized carbons (Fsp3) is 0.286. The Bertz CT molecular complexity index is 761. The van der Waals surface area contributed by atoms with Crippen molar-refractivity contribution in [3.8, 4) is 0 Å². The topological polar surface area (TPSA) is 66.8 Å². The van der Waals surface area contributed by atoms with E-state index >= 15 is 0 Å². The molecule has 1 aliphatic rings. The molecule has 0 bridgehead atoms. The van der Waals surface area contributed by atoms with Gasteiger partial charge >= 0.3 is 5.97 Å². The van der Waals surface area contributed by atoms with Crippen molar-refractivity contribution >= 4 is 56.5 Å². The number of carboxylic acids is 1. The molecule has 1 unspecified atom stereocenters. The summed E-state index contributed by atoms with van der Waals surface area (Å²) in [5, 5.41) is 10.9. The summed E-state index contributed by atoms with van der Waals surface area (Å²) in [6.07, 6.45) is 0. The third-order valence-corrected chi connectivity index (χ3v) is 5.34. The van der Waals surface area contributed by atoms with Crippen LogP contribution in [0.2, 0.25) is 10.0 Å². The van der Waals surface area contributed by atoms with Gasteiger partial charge in [0.2, 0.25) is 0 Å². The maximum Gasteiger partial charge on any atom is 0.328 e. The molecular weight excluding hydrogens is 349 g/mol. The number of aliphatic carboxylic acids is 1. The fourth-order valence-electron chi connectivity index (χ4n) is 2.36. The smallest absolute Gasteiger partial charge is 0.328 e. The van der Waals surface area contributed by atoms with Gasteiger partial charge in [0.05, 0.1) is 18.2 Å². The number of amides is 1. The zero-order chi connectivity index (χ0) is 15.9. The van der Waals surface area contributed by atoms with Gasteiger partial charge in [0.15, 0.2) is 6.04 Å². The molecule has 1 aliphatic heterocycles. The monoisotopic (exact) mass is 359 g/mol. The Balaban J connectivity index is 2.00. The Morgan fingerprint density at radius 3 is 2.86 bits per heavy atom. The molecule has 0 radical (unpaired) electrons. The summed E-state index contributed by atoms with van der Waals surface area (Å²) in [5.74, 6) is -1.48. The number of carboxylic acid groups (broad SMARTS) is 1. The molecule has 1 saturated heterocycles. The number of benzene rings is 1. The summed E-state index contributed by atoms with van der Waals surface area (Å²) >= 11 is 13.5. The van der Waals surface area contributed by atoms with Gasteiger partial charge in [-0.05, 0) is 12.1 Å². The van der Waals surface area contributed by atoms with Gasteiger partial charge in [0.25, 0.3) is 5.91 Å². The maximum atomic E-state index is 12.7. The zero-order valence-electron chi connectivity index (χ0n) is 11.2. The Hall–Kier alpha value is -1.34. The Labute approximate surface area is 140 Å². The first-order chi connectivity index (χ1) is 10.5. The number of rotatable bonds is 2. The van der Waals surface area contributed by atoms with Crippen LogP contribution in [0.25, 0.3) is 10.1 Å². The molecule has 2 heterocycles. The molecule has 1 N–H and O–H groups in total. The first-order valence-electron chi connectivity index (χ1n) is 6.48. The average Bonchev–Trinajstić information content (AvgIpc) is 2.82. The second-order valence-corrected chi connectivity index (χ2v) is 6.68. The van der Waals surface area contributed by atoms with Gasteiger partial charge in [-0.1, -0.05) is 29.3 Å². The zero-order valence-corrected chi connectivity index (χ0v) is 13.5. The molecule has 1 aromatic heterocycles. The molecule has 116 valence electrons. The van der Waals surface area contributed by atoms with Gasteiger partial charge in [-0.25, -0.2) is 4.79 Å². The number of morpholine rings is 1. The van der Waals surface area contributed by atoms with Crippen LogP contribution >= 0.6 is 34.5 Å². The number of hydrogen-bond donors (Lipinski definition) is 1. The first kappa shape index (κ1) is 15.6. The highest BCUT2D eigenvalue weighted by atomic mass is 35.5. The average molecular weight is 360 g/mol. The summed E-state index contributed by atoms with van der Waals surface area (Å²) in [6.45, 7) is 0.514. The third kappa shape index (κ3) is 2.67. The predicted molar refractivity (Wildman–Crippen MR) is 85.1 cm³/mol. The SMILES string of the molecule is O=C(O)C1COCCN1C(=O)c1sc2cc(Cl)ccc2c1Cl. The van der Waals surface area contributed by atoms with Crippen molar-refractivity contribution in [2.24, 2.45) is 0 Å². The molecule has 22 heavy (non-hydrogen) atoms. The summed E-state index contributed by atoms with van der Waals surface area (Å²) in [7, 11) is 0. The van der Waals surface area contributed by atoms with Gasteiger partial charge in [-0.3, -0.25) is 4.79 Å². The number of halogens is 2. The highest BCUT2D eigenvalue weighted by Crippen LogP contribution is 2.37. The van der Waals surface area contributed by atoms with E-state index in [0.29, 0.717) is 21.5 Å². The lowest BCUT2D eigenvalue weighted by Crippen LogP contribution is -2.52. The molecule has 1 fully saturated rings. The first-order valence-corrected chi connectivity index (χ1v) is 8.05. The predicted octanol–water partition coefficient (Wildman–Crippen LogP) is 3.13. The summed E-state index contributed by atoms with van der Waals surface area (Å²) < 4.78 is 5.94. The van der Waals surface area contributed by atoms with E-state index in [-0.39, 0.29) is 13.2 Å². The highest BCUT2D eigenvalue weighted by Gasteiger charge is 2.35. The quantitative estimate of drug-likeness (QED) is 0.894. The van der Waals surface area contributed by atoms with E-state index < -0.39 is 17.9 Å². The van der Waals surface area contributed by atoms with E-state index in [4.69, 9.17) is 27.9 Å². The number of nitrogens with zero attached hydrogens (tertiary/aromatic N) is 1. The van der Waals surface area contributed by atoms with Crippen LogP contribution in [0.4, 0.5) is 0 Å². The van der Waals surface area contributed by atoms with E-state index in [9.17, 15) is 14.7 Å². The second kappa shape index (κ2) is 6.04. The summed E-state index contributed by atoms with van der Waals surface area (Å²) in [4.78, 5) is 25.6. The van der Waals surface area contributed by atoms with Crippen molar-refractivity contribution in [2.75, 3.05) is 19.8 Å². The Morgan fingerprint density at radius 1 is 1.36 bits per heavy atom. The van der Waals surface area contributed by atoms with Gasteiger partial charge in [-0.15, -0.1) is 11.3 Å². The van der Waals surface area contributed by atoms with Gasteiger partial charge in [0, 0.05) is 21.7 Å². The minimum absolute atomic E-state index is 0.0184. The van der Waals surface area contributed by atoms with Crippen LogP contribution in [0.15, 0.2) is 18.2 Å². The number of ether oxygens (including phenoxy) is 1. The van der Waals surface area contributed by atoms with Crippen LogP contribution in [-0.2, 0) is 9.53 Å². The minimum Gasteiger partial charge on any atom is -0.480 e. The number of carbonyl (C=O) groups excluding carboxylic acids is 1. The molecule has 3 rings (SSSR count). The number of carbonyl (C=O) groups is 2. The second-order valence-electron chi connectivity index (χ2n) is 4.81. The van der Waals surface area contributed by atoms with E-state index in [1.807, 2.05) is 0 Å². The minimum atomic E-state index is -1.09.